The first kappa shape index (κ1) is 82.9. The van der Waals surface area contributed by atoms with Gasteiger partial charge in [0.15, 0.2) is 28.6 Å². The van der Waals surface area contributed by atoms with Gasteiger partial charge in [-0.1, -0.05) is 194 Å². The summed E-state index contributed by atoms with van der Waals surface area (Å²) in [7, 11) is 0. The number of hydrazone groups is 5. The first-order chi connectivity index (χ1) is 57.0. The number of ether oxygens (including phenoxy) is 5. The zero-order chi connectivity index (χ0) is 81.3. The van der Waals surface area contributed by atoms with Gasteiger partial charge in [0, 0.05) is 75.4 Å². The van der Waals surface area contributed by atoms with Crippen LogP contribution in [0.5, 0.6) is 0 Å². The molecule has 6 aromatic heterocycles. The van der Waals surface area contributed by atoms with Gasteiger partial charge in [-0.25, -0.2) is 24.0 Å². The van der Waals surface area contributed by atoms with Crippen molar-refractivity contribution >= 4 is 130 Å². The van der Waals surface area contributed by atoms with Gasteiger partial charge in [-0.2, -0.15) is 25.5 Å². The van der Waals surface area contributed by atoms with Crippen LogP contribution in [0.15, 0.2) is 342 Å². The monoisotopic (exact) mass is 1550 g/mol. The normalized spacial score (nSPS) is 11.2. The van der Waals surface area contributed by atoms with Crippen LogP contribution >= 0.6 is 0 Å². The Balaban J connectivity index is 0.000000153. The number of carbonyl (C=O) groups excluding carboxylic acids is 5. The van der Waals surface area contributed by atoms with Crippen molar-refractivity contribution in [1.29, 1.82) is 0 Å². The molecule has 6 heterocycles. The van der Waals surface area contributed by atoms with Crippen molar-refractivity contribution in [3.05, 3.63) is 344 Å². The van der Waals surface area contributed by atoms with E-state index in [2.05, 4.69) is 82.5 Å². The first-order valence-corrected chi connectivity index (χ1v) is 36.9. The van der Waals surface area contributed by atoms with Gasteiger partial charge in [0.2, 0.25) is 0 Å². The largest absolute Gasteiger partial charge is 0.461 e. The summed E-state index contributed by atoms with van der Waals surface area (Å²) in [5.41, 5.74) is 25.3. The van der Waals surface area contributed by atoms with Crippen LogP contribution in [0.25, 0.3) is 43.6 Å². The molecule has 0 amide bonds. The second-order valence-electron chi connectivity index (χ2n) is 23.9. The number of benzene rings is 8. The molecule has 14 aromatic rings. The lowest BCUT2D eigenvalue weighted by Crippen LogP contribution is -2.21. The fraction of sp³-hybridized carbons (Fsp3) is 0.111. The van der Waals surface area contributed by atoms with Gasteiger partial charge in [-0.05, 0) is 120 Å². The summed E-state index contributed by atoms with van der Waals surface area (Å²) < 4.78 is 25.4. The van der Waals surface area contributed by atoms with Gasteiger partial charge in [-0.3, -0.25) is 57.0 Å². The van der Waals surface area contributed by atoms with Crippen molar-refractivity contribution < 1.29 is 47.7 Å². The Hall–Kier alpha value is -15.6. The van der Waals surface area contributed by atoms with E-state index >= 15 is 0 Å². The van der Waals surface area contributed by atoms with E-state index in [1.54, 1.807) is 108 Å². The maximum absolute atomic E-state index is 12.2. The van der Waals surface area contributed by atoms with Gasteiger partial charge in [-0.15, -0.1) is 0 Å². The van der Waals surface area contributed by atoms with Crippen molar-refractivity contribution in [2.75, 3.05) is 60.2 Å². The van der Waals surface area contributed by atoms with E-state index in [1.165, 1.54) is 0 Å². The minimum atomic E-state index is -0.531. The number of hydrogen-bond donors (Lipinski definition) is 5. The molecule has 0 aliphatic rings. The molecule has 0 bridgehead atoms. The summed E-state index contributed by atoms with van der Waals surface area (Å²) in [4.78, 5) is 86.5. The highest BCUT2D eigenvalue weighted by Crippen LogP contribution is 2.25. The Morgan fingerprint density at radius 1 is 0.241 bits per heavy atom. The summed E-state index contributed by atoms with van der Waals surface area (Å²) in [5, 5.41) is 25.1. The highest BCUT2D eigenvalue weighted by Gasteiger charge is 2.21. The summed E-state index contributed by atoms with van der Waals surface area (Å²) in [6.07, 6.45) is 10.1. The van der Waals surface area contributed by atoms with E-state index < -0.39 is 29.8 Å². The SMILES string of the molecule is CCOC(=O)/C(=N/Nc1cccc2cccnc12)c1ccccc1.CCOC(=O)/C(=N/Nc1cccc2cccnc12)c1ccccn1.CCOC(=O)/C(=N\Nc1cccc2cccnc12)c1ccccc1.CCOC(=O)/C(=N\Nc1cccc2cccnc12)c1ccccn1.CCOC(=O)/C(=N\Nc1ccccc1)c1ccccc1. The lowest BCUT2D eigenvalue weighted by molar-refractivity contribution is -0.135. The van der Waals surface area contributed by atoms with Crippen molar-refractivity contribution in [3.8, 4) is 0 Å². The molecule has 0 aliphatic carbocycles. The van der Waals surface area contributed by atoms with Gasteiger partial charge in [0.1, 0.15) is 0 Å². The number of aromatic nitrogens is 6. The summed E-state index contributed by atoms with van der Waals surface area (Å²) in [6, 6.07) is 85.9. The first-order valence-electron chi connectivity index (χ1n) is 36.9. The van der Waals surface area contributed by atoms with Crippen molar-refractivity contribution in [1.82, 2.24) is 29.9 Å². The molecular formula is C90H82N16O10. The standard InChI is InChI=1S/2C19H17N3O2.2C18H16N4O2.C16H16N2O2/c2*1-2-24-19(23)18(15-8-4-3-5-9-15)22-21-16-12-6-10-14-11-7-13-20-17(14)16;2*1-2-24-18(23)17(14-9-3-4-11-19-14)22-21-15-10-5-7-13-8-6-12-20-16(13)15;1-2-20-16(19)15(13-9-5-3-6-10-13)18-17-14-11-7-4-8-12-14/h2*3-13,21H,2H2,1H3;2*3-12,21H,2H2,1H3;3-12,17H,2H2,1H3/b22-18+;22-18-;22-17+;22-17-;18-15-. The molecule has 0 saturated heterocycles. The quantitative estimate of drug-likeness (QED) is 0.0154. The van der Waals surface area contributed by atoms with Gasteiger partial charge in [0.05, 0.1) is 94.9 Å². The highest BCUT2D eigenvalue weighted by atomic mass is 16.5. The zero-order valence-electron chi connectivity index (χ0n) is 64.1. The molecule has 0 saturated carbocycles. The smallest absolute Gasteiger partial charge is 0.361 e. The zero-order valence-corrected chi connectivity index (χ0v) is 64.1. The lowest BCUT2D eigenvalue weighted by atomic mass is 10.1. The van der Waals surface area contributed by atoms with Crippen LogP contribution in [-0.2, 0) is 47.7 Å². The van der Waals surface area contributed by atoms with Crippen LogP contribution in [0.2, 0.25) is 0 Å². The van der Waals surface area contributed by atoms with E-state index in [0.29, 0.717) is 53.7 Å². The number of pyridine rings is 6. The molecular weight excluding hydrogens is 1470 g/mol. The molecule has 116 heavy (non-hydrogen) atoms. The van der Waals surface area contributed by atoms with E-state index in [4.69, 9.17) is 23.7 Å². The van der Waals surface area contributed by atoms with E-state index in [1.807, 2.05) is 243 Å². The Morgan fingerprint density at radius 2 is 0.474 bits per heavy atom. The average molecular weight is 1550 g/mol. The summed E-state index contributed by atoms with van der Waals surface area (Å²) in [5.74, 6) is -2.44. The van der Waals surface area contributed by atoms with Gasteiger partial charge in [0.25, 0.3) is 0 Å². The van der Waals surface area contributed by atoms with Crippen molar-refractivity contribution in [3.63, 3.8) is 0 Å². The molecule has 0 spiro atoms. The fourth-order valence-corrected chi connectivity index (χ4v) is 10.8. The predicted octanol–water partition coefficient (Wildman–Crippen LogP) is 16.3. The fourth-order valence-electron chi connectivity index (χ4n) is 10.8. The number of esters is 5. The molecule has 26 nitrogen and oxygen atoms in total. The van der Waals surface area contributed by atoms with Crippen LogP contribution in [0, 0.1) is 0 Å². The summed E-state index contributed by atoms with van der Waals surface area (Å²) >= 11 is 0. The topological polar surface area (TPSA) is 331 Å². The molecule has 582 valence electrons. The number of nitrogens with one attached hydrogen (secondary N) is 5. The Morgan fingerprint density at radius 3 is 0.741 bits per heavy atom. The number of fused-ring (bicyclic) bond motifs is 4. The van der Waals surface area contributed by atoms with Crippen LogP contribution in [0.3, 0.4) is 0 Å². The van der Waals surface area contributed by atoms with Crippen LogP contribution in [0.1, 0.15) is 62.7 Å². The number of carbonyl (C=O) groups is 5. The maximum atomic E-state index is 12.2. The number of anilines is 5. The van der Waals surface area contributed by atoms with E-state index in [9.17, 15) is 24.0 Å². The molecule has 0 atom stereocenters. The Labute approximate surface area is 669 Å². The van der Waals surface area contributed by atoms with Crippen LogP contribution < -0.4 is 27.1 Å². The molecule has 26 heteroatoms. The maximum Gasteiger partial charge on any atom is 0.361 e. The highest BCUT2D eigenvalue weighted by molar-refractivity contribution is 6.45. The molecule has 0 radical (unpaired) electrons. The third kappa shape index (κ3) is 24.2. The van der Waals surface area contributed by atoms with Crippen molar-refractivity contribution in [2.45, 2.75) is 34.6 Å². The van der Waals surface area contributed by atoms with Crippen LogP contribution in [-0.4, -0.2) is 121 Å². The minimum absolute atomic E-state index is 0.116. The van der Waals surface area contributed by atoms with Crippen molar-refractivity contribution in [2.24, 2.45) is 25.5 Å². The number of hydrogen-bond acceptors (Lipinski definition) is 26. The number of rotatable bonds is 25. The van der Waals surface area contributed by atoms with Gasteiger partial charge >= 0.3 is 29.8 Å². The number of nitrogens with zero attached hydrogens (tertiary/aromatic N) is 11. The number of para-hydroxylation sites is 5. The average Bonchev–Trinajstić information content (AvgIpc) is 0.835. The Bertz CT molecular complexity index is 5100. The molecule has 0 aliphatic heterocycles. The molecule has 8 aromatic carbocycles. The third-order valence-electron chi connectivity index (χ3n) is 16.1. The second kappa shape index (κ2) is 44.9. The van der Waals surface area contributed by atoms with E-state index in [-0.39, 0.29) is 41.8 Å². The molecule has 0 fully saturated rings. The van der Waals surface area contributed by atoms with Gasteiger partial charge < -0.3 is 23.7 Å². The third-order valence-corrected chi connectivity index (χ3v) is 16.1. The van der Waals surface area contributed by atoms with E-state index in [0.717, 1.165) is 66.2 Å². The lowest BCUT2D eigenvalue weighted by Gasteiger charge is -2.08. The molecule has 5 N–H and O–H groups in total. The van der Waals surface area contributed by atoms with Crippen LogP contribution in [0.4, 0.5) is 28.4 Å². The second-order valence-corrected chi connectivity index (χ2v) is 23.9. The summed E-state index contributed by atoms with van der Waals surface area (Å²) in [6.45, 7) is 10.2. The molecule has 14 rings (SSSR count). The molecule has 0 unspecified atom stereocenters. The Kier molecular flexibility index (Phi) is 32.1. The minimum Gasteiger partial charge on any atom is -0.461 e. The predicted molar refractivity (Wildman–Crippen MR) is 455 cm³/mol.